The van der Waals surface area contributed by atoms with Crippen molar-refractivity contribution in [3.63, 3.8) is 0 Å². The molecule has 1 aromatic heterocycles. The fourth-order valence-electron chi connectivity index (χ4n) is 7.79. The lowest BCUT2D eigenvalue weighted by molar-refractivity contribution is -0.247. The van der Waals surface area contributed by atoms with Crippen molar-refractivity contribution in [2.75, 3.05) is 20.3 Å². The summed E-state index contributed by atoms with van der Waals surface area (Å²) in [4.78, 5) is 67.6. The zero-order chi connectivity index (χ0) is 42.4. The minimum atomic E-state index is -2.24. The smallest absolute Gasteiger partial charge is 0.330 e. The number of hydrogen-bond acceptors (Lipinski definition) is 17. The average Bonchev–Trinajstić information content (AvgIpc) is 3.60. The van der Waals surface area contributed by atoms with Crippen LogP contribution in [0.2, 0.25) is 0 Å². The summed E-state index contributed by atoms with van der Waals surface area (Å²) in [5.74, 6) is -3.77. The molecule has 9 atom stereocenters. The Kier molecular flexibility index (Phi) is 11.9. The standard InChI is InChI=1S/C27H29NO11.C10H13N5O4/c1-10-22(31)13(28)6-17(38-10)39-15-8-27(36,16(30)9-29)7-12-19(15)26(35)21-20(24(12)33)23(32)11-4-3-5-14(37-2)18(11)25(21)34;1-5-3-15(10(18)12-9(5)17)8-2-6(13-14-11)7(4-16)19-8/h3-5,10,13,15,17,22,29,31,33,35-36H,6-9,28H2,1-2H3;3,6-8,16H,2,4H2,1H3,(H,12,17,18)/t10-,13-,15-,17-,22-,27-;6-,7+,8+/m00/s1. The maximum absolute atomic E-state index is 13.6. The van der Waals surface area contributed by atoms with Gasteiger partial charge in [-0.2, -0.15) is 0 Å². The lowest BCUT2D eigenvalue weighted by atomic mass is 9.72. The Balaban J connectivity index is 0.000000250. The number of nitrogens with two attached hydrogens (primary N) is 1. The number of carbonyl (C=O) groups excluding carboxylic acids is 3. The first kappa shape index (κ1) is 42.1. The number of methoxy groups -OCH3 is 1. The number of aromatic nitrogens is 2. The molecule has 3 aromatic rings. The number of rotatable bonds is 8. The fourth-order valence-corrected chi connectivity index (χ4v) is 7.79. The van der Waals surface area contributed by atoms with Gasteiger partial charge in [0.15, 0.2) is 17.9 Å². The number of nitrogens with zero attached hydrogens (tertiary/aromatic N) is 4. The highest BCUT2D eigenvalue weighted by Crippen LogP contribution is 2.52. The number of phenolic OH excluding ortho intramolecular Hbond substituents is 2. The van der Waals surface area contributed by atoms with E-state index < -0.39 is 125 Å². The number of benzene rings is 2. The zero-order valence-corrected chi connectivity index (χ0v) is 31.4. The Morgan fingerprint density at radius 1 is 1.10 bits per heavy atom. The average molecular weight is 811 g/mol. The van der Waals surface area contributed by atoms with Crippen LogP contribution in [-0.4, -0.2) is 120 Å². The van der Waals surface area contributed by atoms with Crippen LogP contribution in [0.15, 0.2) is 39.1 Å². The summed E-state index contributed by atoms with van der Waals surface area (Å²) >= 11 is 0. The van der Waals surface area contributed by atoms with Crippen LogP contribution in [-0.2, 0) is 25.4 Å². The summed E-state index contributed by atoms with van der Waals surface area (Å²) < 4.78 is 23.7. The third kappa shape index (κ3) is 7.39. The van der Waals surface area contributed by atoms with Crippen molar-refractivity contribution in [3.05, 3.63) is 94.6 Å². The normalized spacial score (nSPS) is 28.6. The van der Waals surface area contributed by atoms with Gasteiger partial charge in [0, 0.05) is 65.1 Å². The molecule has 7 rings (SSSR count). The number of ether oxygens (including phenoxy) is 4. The van der Waals surface area contributed by atoms with Crippen LogP contribution in [0.1, 0.15) is 87.1 Å². The molecule has 2 aliphatic carbocycles. The Hall–Kier alpha value is -5.48. The molecule has 0 amide bonds. The van der Waals surface area contributed by atoms with Gasteiger partial charge in [-0.05, 0) is 25.4 Å². The Morgan fingerprint density at radius 3 is 2.45 bits per heavy atom. The SMILES string of the molecule is COc1cccc2c1C(=O)c1c(O)c3c(c(O)c1C2=O)C[C@@](O)(C(=O)CO)C[C@@H]3O[C@H]1C[C@H](N)[C@@H](O)[C@H](C)O1.Cc1cn([C@H]2C[C@H](N=[N+]=[N-])[C@@H](CO)O2)c(=O)[nH]c1=O. The van der Waals surface area contributed by atoms with E-state index in [2.05, 4.69) is 15.0 Å². The molecule has 0 radical (unpaired) electrons. The van der Waals surface area contributed by atoms with Gasteiger partial charge in [-0.3, -0.25) is 28.7 Å². The number of hydrogen-bond donors (Lipinski definition) is 8. The number of aliphatic hydroxyl groups is 4. The number of aryl methyl sites for hydroxylation is 1. The number of fused-ring (bicyclic) bond motifs is 3. The van der Waals surface area contributed by atoms with Crippen LogP contribution in [0.25, 0.3) is 10.4 Å². The van der Waals surface area contributed by atoms with E-state index in [1.807, 2.05) is 0 Å². The van der Waals surface area contributed by atoms with Crippen molar-refractivity contribution in [3.8, 4) is 17.2 Å². The number of aliphatic hydroxyl groups excluding tert-OH is 3. The van der Waals surface area contributed by atoms with Crippen molar-refractivity contribution in [1.82, 2.24) is 9.55 Å². The molecule has 21 heteroatoms. The van der Waals surface area contributed by atoms with Crippen molar-refractivity contribution in [1.29, 1.82) is 0 Å². The molecule has 2 aliphatic heterocycles. The first-order valence-electron chi connectivity index (χ1n) is 18.1. The molecule has 0 spiro atoms. The highest BCUT2D eigenvalue weighted by molar-refractivity contribution is 6.31. The van der Waals surface area contributed by atoms with Gasteiger partial charge in [-0.1, -0.05) is 17.2 Å². The van der Waals surface area contributed by atoms with E-state index in [4.69, 9.17) is 35.3 Å². The maximum atomic E-state index is 13.6. The van der Waals surface area contributed by atoms with Gasteiger partial charge >= 0.3 is 5.69 Å². The van der Waals surface area contributed by atoms with E-state index in [9.17, 15) is 49.5 Å². The molecular weight excluding hydrogens is 768 g/mol. The van der Waals surface area contributed by atoms with E-state index >= 15 is 0 Å². The second-order valence-corrected chi connectivity index (χ2v) is 14.5. The molecule has 9 N–H and O–H groups in total. The highest BCUT2D eigenvalue weighted by Gasteiger charge is 2.50. The molecule has 0 bridgehead atoms. The zero-order valence-electron chi connectivity index (χ0n) is 31.4. The summed E-state index contributed by atoms with van der Waals surface area (Å²) in [6.07, 6.45) is -4.79. The first-order chi connectivity index (χ1) is 27.5. The number of ketones is 3. The van der Waals surface area contributed by atoms with Crippen LogP contribution < -0.4 is 21.7 Å². The minimum absolute atomic E-state index is 0.0173. The maximum Gasteiger partial charge on any atom is 0.330 e. The Bertz CT molecular complexity index is 2310. The van der Waals surface area contributed by atoms with Gasteiger partial charge in [0.2, 0.25) is 5.78 Å². The van der Waals surface area contributed by atoms with E-state index in [0.29, 0.717) is 5.56 Å². The quantitative estimate of drug-likeness (QED) is 0.0494. The van der Waals surface area contributed by atoms with Gasteiger partial charge in [-0.25, -0.2) is 4.79 Å². The summed E-state index contributed by atoms with van der Waals surface area (Å²) in [5, 5.41) is 66.4. The molecule has 2 saturated heterocycles. The van der Waals surface area contributed by atoms with Gasteiger partial charge in [0.25, 0.3) is 5.56 Å². The molecule has 58 heavy (non-hydrogen) atoms. The van der Waals surface area contributed by atoms with Crippen molar-refractivity contribution >= 4 is 17.3 Å². The summed E-state index contributed by atoms with van der Waals surface area (Å²) in [6, 6.07) is 3.09. The third-order valence-electron chi connectivity index (χ3n) is 10.8. The minimum Gasteiger partial charge on any atom is -0.507 e. The highest BCUT2D eigenvalue weighted by atomic mass is 16.7. The number of phenols is 2. The van der Waals surface area contributed by atoms with E-state index in [1.54, 1.807) is 13.8 Å². The van der Waals surface area contributed by atoms with Crippen molar-refractivity contribution in [2.24, 2.45) is 10.8 Å². The number of aromatic hydroxyl groups is 2. The second kappa shape index (κ2) is 16.4. The number of aromatic amines is 1. The van der Waals surface area contributed by atoms with Crippen LogP contribution >= 0.6 is 0 Å². The predicted octanol–water partition coefficient (Wildman–Crippen LogP) is -0.195. The monoisotopic (exact) mass is 810 g/mol. The topological polar surface area (TPSA) is 339 Å². The number of H-pyrrole nitrogens is 1. The van der Waals surface area contributed by atoms with Gasteiger partial charge in [-0.15, -0.1) is 0 Å². The van der Waals surface area contributed by atoms with Crippen LogP contribution in [0.3, 0.4) is 0 Å². The summed E-state index contributed by atoms with van der Waals surface area (Å²) in [7, 11) is 1.32. The van der Waals surface area contributed by atoms with Crippen LogP contribution in [0, 0.1) is 6.92 Å². The van der Waals surface area contributed by atoms with Gasteiger partial charge in [0.05, 0.1) is 60.9 Å². The molecule has 3 heterocycles. The first-order valence-corrected chi connectivity index (χ1v) is 18.1. The molecular formula is C37H42N6O15. The molecule has 310 valence electrons. The molecule has 0 unspecified atom stereocenters. The van der Waals surface area contributed by atoms with Crippen LogP contribution in [0.5, 0.6) is 17.2 Å². The number of Topliss-reactive ketones (excluding diaryl/α,β-unsaturated/α-hetero) is 1. The molecule has 4 aliphatic rings. The van der Waals surface area contributed by atoms with Crippen molar-refractivity contribution in [2.45, 2.75) is 94.1 Å². The van der Waals surface area contributed by atoms with Crippen molar-refractivity contribution < 1.29 is 64.0 Å². The third-order valence-corrected chi connectivity index (χ3v) is 10.8. The molecule has 0 saturated carbocycles. The second-order valence-electron chi connectivity index (χ2n) is 14.5. The van der Waals surface area contributed by atoms with E-state index in [0.717, 1.165) is 0 Å². The predicted molar refractivity (Wildman–Crippen MR) is 196 cm³/mol. The molecule has 21 nitrogen and oxygen atoms in total. The lowest BCUT2D eigenvalue weighted by Gasteiger charge is -2.42. The van der Waals surface area contributed by atoms with Gasteiger partial charge < -0.3 is 55.3 Å². The summed E-state index contributed by atoms with van der Waals surface area (Å²) in [6.45, 7) is 1.82. The molecule has 2 aromatic carbocycles. The Labute approximate surface area is 327 Å². The fraction of sp³-hybridized carbons (Fsp3) is 0.486. The lowest BCUT2D eigenvalue weighted by Crippen LogP contribution is -2.53. The molecule has 2 fully saturated rings. The summed E-state index contributed by atoms with van der Waals surface area (Å²) in [5.41, 5.74) is 10.1. The number of nitrogens with one attached hydrogen (secondary N) is 1. The number of azide groups is 1. The van der Waals surface area contributed by atoms with E-state index in [1.165, 1.54) is 36.1 Å². The van der Waals surface area contributed by atoms with Gasteiger partial charge in [0.1, 0.15) is 35.7 Å². The Morgan fingerprint density at radius 2 is 1.81 bits per heavy atom. The van der Waals surface area contributed by atoms with E-state index in [-0.39, 0.29) is 47.5 Å². The number of carbonyl (C=O) groups is 3. The van der Waals surface area contributed by atoms with Crippen LogP contribution in [0.4, 0.5) is 0 Å². The largest absolute Gasteiger partial charge is 0.507 e.